The Morgan fingerprint density at radius 2 is 1.92 bits per heavy atom. The molecule has 2 aromatic rings. The molecule has 2 aromatic carbocycles. The van der Waals surface area contributed by atoms with Crippen molar-refractivity contribution in [3.05, 3.63) is 57.0 Å². The van der Waals surface area contributed by atoms with Gasteiger partial charge in [-0.15, -0.1) is 0 Å². The quantitative estimate of drug-likeness (QED) is 0.445. The molecular weight excluding hydrogens is 414 g/mol. The van der Waals surface area contributed by atoms with E-state index >= 15 is 0 Å². The van der Waals surface area contributed by atoms with Crippen LogP contribution in [0.25, 0.3) is 0 Å². The van der Waals surface area contributed by atoms with E-state index in [1.165, 1.54) is 6.42 Å². The van der Waals surface area contributed by atoms with Gasteiger partial charge in [-0.2, -0.15) is 0 Å². The third kappa shape index (κ3) is 6.49. The van der Waals surface area contributed by atoms with Gasteiger partial charge in [0.1, 0.15) is 6.61 Å². The first-order chi connectivity index (χ1) is 12.5. The van der Waals surface area contributed by atoms with Crippen LogP contribution in [0, 0.1) is 5.92 Å². The summed E-state index contributed by atoms with van der Waals surface area (Å²) in [6, 6.07) is 11.8. The molecule has 0 unspecified atom stereocenters. The van der Waals surface area contributed by atoms with Crippen LogP contribution in [0.2, 0.25) is 5.02 Å². The lowest BCUT2D eigenvalue weighted by atomic mass is 10.1. The first kappa shape index (κ1) is 21.1. The lowest BCUT2D eigenvalue weighted by Crippen LogP contribution is -2.16. The predicted molar refractivity (Wildman–Crippen MR) is 112 cm³/mol. The standard InChI is InChI=1S/C21H27BrClNO2/c1-4-25-20-12-16(13-24-10-9-15(2)3)11-18(22)21(20)26-14-17-7-5-6-8-19(17)23/h5-8,11-12,15,24H,4,9-10,13-14H2,1-3H3. The second kappa shape index (κ2) is 10.8. The third-order valence-electron chi connectivity index (χ3n) is 3.93. The van der Waals surface area contributed by atoms with Crippen LogP contribution in [0.5, 0.6) is 11.5 Å². The second-order valence-electron chi connectivity index (χ2n) is 6.58. The molecule has 5 heteroatoms. The molecule has 0 radical (unpaired) electrons. The zero-order valence-electron chi connectivity index (χ0n) is 15.6. The van der Waals surface area contributed by atoms with Gasteiger partial charge in [0.15, 0.2) is 11.5 Å². The van der Waals surface area contributed by atoms with Gasteiger partial charge in [0, 0.05) is 17.1 Å². The Balaban J connectivity index is 2.09. The van der Waals surface area contributed by atoms with E-state index in [4.69, 9.17) is 21.1 Å². The van der Waals surface area contributed by atoms with Gasteiger partial charge >= 0.3 is 0 Å². The van der Waals surface area contributed by atoms with Crippen molar-refractivity contribution in [2.24, 2.45) is 5.92 Å². The number of ether oxygens (including phenoxy) is 2. The molecule has 0 spiro atoms. The Morgan fingerprint density at radius 1 is 1.15 bits per heavy atom. The van der Waals surface area contributed by atoms with E-state index in [9.17, 15) is 0 Å². The fourth-order valence-corrected chi connectivity index (χ4v) is 3.31. The summed E-state index contributed by atoms with van der Waals surface area (Å²) in [6.07, 6.45) is 1.17. The van der Waals surface area contributed by atoms with Crippen LogP contribution in [0.3, 0.4) is 0 Å². The molecule has 0 atom stereocenters. The van der Waals surface area contributed by atoms with Crippen LogP contribution >= 0.6 is 27.5 Å². The summed E-state index contributed by atoms with van der Waals surface area (Å²) in [6.45, 7) is 9.22. The highest BCUT2D eigenvalue weighted by Gasteiger charge is 2.13. The van der Waals surface area contributed by atoms with Crippen molar-refractivity contribution in [2.45, 2.75) is 40.3 Å². The summed E-state index contributed by atoms with van der Waals surface area (Å²) < 4.78 is 12.7. The number of nitrogens with one attached hydrogen (secondary N) is 1. The van der Waals surface area contributed by atoms with Gasteiger partial charge in [0.2, 0.25) is 0 Å². The number of hydrogen-bond donors (Lipinski definition) is 1. The van der Waals surface area contributed by atoms with Crippen molar-refractivity contribution in [1.82, 2.24) is 5.32 Å². The van der Waals surface area contributed by atoms with E-state index in [0.717, 1.165) is 34.4 Å². The van der Waals surface area contributed by atoms with Crippen molar-refractivity contribution in [2.75, 3.05) is 13.2 Å². The Kier molecular flexibility index (Phi) is 8.76. The van der Waals surface area contributed by atoms with Gasteiger partial charge < -0.3 is 14.8 Å². The lowest BCUT2D eigenvalue weighted by molar-refractivity contribution is 0.267. The summed E-state index contributed by atoms with van der Waals surface area (Å²) in [5.41, 5.74) is 2.11. The minimum absolute atomic E-state index is 0.393. The summed E-state index contributed by atoms with van der Waals surface area (Å²) in [5, 5.41) is 4.18. The average Bonchev–Trinajstić information content (AvgIpc) is 2.59. The van der Waals surface area contributed by atoms with Crippen LogP contribution in [0.1, 0.15) is 38.3 Å². The number of benzene rings is 2. The van der Waals surface area contributed by atoms with E-state index in [-0.39, 0.29) is 0 Å². The predicted octanol–water partition coefficient (Wildman–Crippen LogP) is 6.22. The molecule has 0 aliphatic heterocycles. The number of halogens is 2. The minimum atomic E-state index is 0.393. The van der Waals surface area contributed by atoms with E-state index in [1.54, 1.807) is 0 Å². The molecule has 0 fully saturated rings. The fraction of sp³-hybridized carbons (Fsp3) is 0.429. The van der Waals surface area contributed by atoms with E-state index < -0.39 is 0 Å². The van der Waals surface area contributed by atoms with Gasteiger partial charge in [0.25, 0.3) is 0 Å². The molecule has 0 heterocycles. The summed E-state index contributed by atoms with van der Waals surface area (Å²) in [7, 11) is 0. The molecule has 26 heavy (non-hydrogen) atoms. The number of rotatable bonds is 10. The normalized spacial score (nSPS) is 11.0. The summed E-state index contributed by atoms with van der Waals surface area (Å²) >= 11 is 9.84. The summed E-state index contributed by atoms with van der Waals surface area (Å²) in [4.78, 5) is 0. The van der Waals surface area contributed by atoms with Crippen LogP contribution in [-0.2, 0) is 13.2 Å². The Labute approximate surface area is 170 Å². The van der Waals surface area contributed by atoms with Gasteiger partial charge in [0.05, 0.1) is 11.1 Å². The minimum Gasteiger partial charge on any atom is -0.490 e. The van der Waals surface area contributed by atoms with Gasteiger partial charge in [-0.05, 0) is 65.5 Å². The zero-order valence-corrected chi connectivity index (χ0v) is 18.0. The first-order valence-electron chi connectivity index (χ1n) is 9.03. The van der Waals surface area contributed by atoms with Crippen molar-refractivity contribution in [1.29, 1.82) is 0 Å². The monoisotopic (exact) mass is 439 g/mol. The molecule has 0 aromatic heterocycles. The van der Waals surface area contributed by atoms with Crippen LogP contribution < -0.4 is 14.8 Å². The smallest absolute Gasteiger partial charge is 0.175 e. The van der Waals surface area contributed by atoms with Crippen molar-refractivity contribution in [3.63, 3.8) is 0 Å². The molecule has 0 saturated carbocycles. The van der Waals surface area contributed by atoms with E-state index in [1.807, 2.05) is 37.3 Å². The molecule has 2 rings (SSSR count). The summed E-state index contributed by atoms with van der Waals surface area (Å²) in [5.74, 6) is 2.15. The molecule has 1 N–H and O–H groups in total. The Bertz CT molecular complexity index is 706. The van der Waals surface area contributed by atoms with Gasteiger partial charge in [-0.1, -0.05) is 43.6 Å². The van der Waals surface area contributed by atoms with Crippen LogP contribution in [-0.4, -0.2) is 13.2 Å². The van der Waals surface area contributed by atoms with Gasteiger partial charge in [-0.3, -0.25) is 0 Å². The Morgan fingerprint density at radius 3 is 2.62 bits per heavy atom. The van der Waals surface area contributed by atoms with E-state index in [0.29, 0.717) is 29.9 Å². The molecule has 142 valence electrons. The lowest BCUT2D eigenvalue weighted by Gasteiger charge is -2.16. The molecule has 3 nitrogen and oxygen atoms in total. The molecular formula is C21H27BrClNO2. The molecule has 0 aliphatic carbocycles. The molecule has 0 bridgehead atoms. The molecule has 0 aliphatic rings. The van der Waals surface area contributed by atoms with Crippen molar-refractivity contribution >= 4 is 27.5 Å². The van der Waals surface area contributed by atoms with Crippen molar-refractivity contribution in [3.8, 4) is 11.5 Å². The van der Waals surface area contributed by atoms with Crippen molar-refractivity contribution < 1.29 is 9.47 Å². The highest BCUT2D eigenvalue weighted by atomic mass is 79.9. The average molecular weight is 441 g/mol. The number of hydrogen-bond acceptors (Lipinski definition) is 3. The maximum Gasteiger partial charge on any atom is 0.175 e. The highest BCUT2D eigenvalue weighted by molar-refractivity contribution is 9.10. The fourth-order valence-electron chi connectivity index (χ4n) is 2.52. The topological polar surface area (TPSA) is 30.5 Å². The second-order valence-corrected chi connectivity index (χ2v) is 7.84. The van der Waals surface area contributed by atoms with E-state index in [2.05, 4.69) is 41.2 Å². The zero-order chi connectivity index (χ0) is 18.9. The van der Waals surface area contributed by atoms with Gasteiger partial charge in [-0.25, -0.2) is 0 Å². The van der Waals surface area contributed by atoms with Crippen LogP contribution in [0.4, 0.5) is 0 Å². The third-order valence-corrected chi connectivity index (χ3v) is 4.88. The Hall–Kier alpha value is -1.23. The highest BCUT2D eigenvalue weighted by Crippen LogP contribution is 2.37. The maximum atomic E-state index is 6.22. The first-order valence-corrected chi connectivity index (χ1v) is 10.2. The molecule has 0 amide bonds. The SMILES string of the molecule is CCOc1cc(CNCCC(C)C)cc(Br)c1OCc1ccccc1Cl. The maximum absolute atomic E-state index is 6.22. The molecule has 0 saturated heterocycles. The largest absolute Gasteiger partial charge is 0.490 e. The van der Waals surface area contributed by atoms with Crippen LogP contribution in [0.15, 0.2) is 40.9 Å².